The number of furan rings is 1. The molecule has 5 nitrogen and oxygen atoms in total. The third-order valence-electron chi connectivity index (χ3n) is 2.46. The van der Waals surface area contributed by atoms with Crippen LogP contribution in [0.1, 0.15) is 26.5 Å². The van der Waals surface area contributed by atoms with E-state index in [1.54, 1.807) is 36.4 Å². The Bertz CT molecular complexity index is 622. The SMILES string of the molecule is NC(=O)c1cccc(CNC(=O)c2ccc(Br)o2)c1. The van der Waals surface area contributed by atoms with Gasteiger partial charge >= 0.3 is 0 Å². The first-order valence-electron chi connectivity index (χ1n) is 5.48. The molecule has 0 saturated heterocycles. The van der Waals surface area contributed by atoms with Crippen molar-refractivity contribution in [1.82, 2.24) is 5.32 Å². The highest BCUT2D eigenvalue weighted by molar-refractivity contribution is 9.10. The number of hydrogen-bond acceptors (Lipinski definition) is 3. The zero-order valence-corrected chi connectivity index (χ0v) is 11.4. The van der Waals surface area contributed by atoms with Crippen molar-refractivity contribution in [2.24, 2.45) is 5.73 Å². The summed E-state index contributed by atoms with van der Waals surface area (Å²) in [6, 6.07) is 9.98. The van der Waals surface area contributed by atoms with Crippen molar-refractivity contribution in [1.29, 1.82) is 0 Å². The van der Waals surface area contributed by atoms with Crippen LogP contribution in [0.4, 0.5) is 0 Å². The molecule has 0 aliphatic heterocycles. The number of carbonyl (C=O) groups excluding carboxylic acids is 2. The molecule has 0 aliphatic rings. The Hall–Kier alpha value is -2.08. The van der Waals surface area contributed by atoms with Crippen LogP contribution in [0, 0.1) is 0 Å². The van der Waals surface area contributed by atoms with E-state index >= 15 is 0 Å². The molecule has 0 spiro atoms. The number of carbonyl (C=O) groups is 2. The van der Waals surface area contributed by atoms with E-state index in [2.05, 4.69) is 21.2 Å². The highest BCUT2D eigenvalue weighted by Crippen LogP contribution is 2.14. The van der Waals surface area contributed by atoms with E-state index in [4.69, 9.17) is 10.2 Å². The Morgan fingerprint density at radius 1 is 1.26 bits per heavy atom. The van der Waals surface area contributed by atoms with Gasteiger partial charge in [0.15, 0.2) is 10.4 Å². The number of hydrogen-bond donors (Lipinski definition) is 2. The number of primary amides is 1. The van der Waals surface area contributed by atoms with Gasteiger partial charge in [-0.15, -0.1) is 0 Å². The second-order valence-electron chi connectivity index (χ2n) is 3.85. The van der Waals surface area contributed by atoms with Crippen LogP contribution in [-0.4, -0.2) is 11.8 Å². The molecule has 0 unspecified atom stereocenters. The van der Waals surface area contributed by atoms with Gasteiger partial charge < -0.3 is 15.5 Å². The van der Waals surface area contributed by atoms with Gasteiger partial charge in [-0.2, -0.15) is 0 Å². The fourth-order valence-corrected chi connectivity index (χ4v) is 1.85. The number of halogens is 1. The first-order chi connectivity index (χ1) is 9.06. The molecule has 1 aromatic heterocycles. The summed E-state index contributed by atoms with van der Waals surface area (Å²) in [4.78, 5) is 22.8. The zero-order chi connectivity index (χ0) is 13.8. The van der Waals surface area contributed by atoms with Gasteiger partial charge in [0.1, 0.15) is 0 Å². The van der Waals surface area contributed by atoms with Gasteiger partial charge in [0.2, 0.25) is 5.91 Å². The summed E-state index contributed by atoms with van der Waals surface area (Å²) >= 11 is 3.12. The van der Waals surface area contributed by atoms with Crippen LogP contribution in [-0.2, 0) is 6.54 Å². The number of benzene rings is 1. The van der Waals surface area contributed by atoms with E-state index < -0.39 is 5.91 Å². The van der Waals surface area contributed by atoms with Crippen LogP contribution in [0.15, 0.2) is 45.5 Å². The number of nitrogens with two attached hydrogens (primary N) is 1. The molecule has 0 atom stereocenters. The molecule has 0 saturated carbocycles. The molecule has 19 heavy (non-hydrogen) atoms. The van der Waals surface area contributed by atoms with Crippen molar-refractivity contribution < 1.29 is 14.0 Å². The molecule has 98 valence electrons. The molecule has 0 radical (unpaired) electrons. The average molecular weight is 323 g/mol. The quantitative estimate of drug-likeness (QED) is 0.903. The summed E-state index contributed by atoms with van der Waals surface area (Å²) < 4.78 is 5.62. The fraction of sp³-hybridized carbons (Fsp3) is 0.0769. The molecule has 2 amide bonds. The highest BCUT2D eigenvalue weighted by Gasteiger charge is 2.10. The van der Waals surface area contributed by atoms with E-state index in [0.29, 0.717) is 10.2 Å². The smallest absolute Gasteiger partial charge is 0.287 e. The maximum atomic E-state index is 11.7. The zero-order valence-electron chi connectivity index (χ0n) is 9.85. The number of nitrogens with one attached hydrogen (secondary N) is 1. The van der Waals surface area contributed by atoms with E-state index in [0.717, 1.165) is 5.56 Å². The van der Waals surface area contributed by atoms with Gasteiger partial charge in [-0.3, -0.25) is 9.59 Å². The molecular weight excluding hydrogens is 312 g/mol. The van der Waals surface area contributed by atoms with E-state index in [9.17, 15) is 9.59 Å². The van der Waals surface area contributed by atoms with Crippen LogP contribution >= 0.6 is 15.9 Å². The van der Waals surface area contributed by atoms with E-state index in [-0.39, 0.29) is 18.2 Å². The Balaban J connectivity index is 2.01. The van der Waals surface area contributed by atoms with E-state index in [1.807, 2.05) is 0 Å². The van der Waals surface area contributed by atoms with Crippen molar-refractivity contribution in [2.75, 3.05) is 0 Å². The molecule has 1 heterocycles. The van der Waals surface area contributed by atoms with Crippen molar-refractivity contribution in [3.8, 4) is 0 Å². The van der Waals surface area contributed by atoms with Crippen molar-refractivity contribution in [3.05, 3.63) is 58.0 Å². The van der Waals surface area contributed by atoms with Crippen LogP contribution in [0.3, 0.4) is 0 Å². The molecule has 3 N–H and O–H groups in total. The summed E-state index contributed by atoms with van der Waals surface area (Å²) in [7, 11) is 0. The fourth-order valence-electron chi connectivity index (χ4n) is 1.54. The van der Waals surface area contributed by atoms with Crippen LogP contribution in [0.25, 0.3) is 0 Å². The Morgan fingerprint density at radius 3 is 2.68 bits per heavy atom. The lowest BCUT2D eigenvalue weighted by molar-refractivity contribution is 0.0921. The van der Waals surface area contributed by atoms with Crippen LogP contribution in [0.5, 0.6) is 0 Å². The maximum absolute atomic E-state index is 11.7. The minimum atomic E-state index is -0.497. The maximum Gasteiger partial charge on any atom is 0.287 e. The summed E-state index contributed by atoms with van der Waals surface area (Å²) in [6.07, 6.45) is 0. The van der Waals surface area contributed by atoms with Gasteiger partial charge in [0.05, 0.1) is 0 Å². The predicted molar refractivity (Wildman–Crippen MR) is 72.5 cm³/mol. The molecule has 2 aromatic rings. The molecule has 0 aliphatic carbocycles. The molecule has 1 aromatic carbocycles. The molecule has 0 bridgehead atoms. The standard InChI is InChI=1S/C13H11BrN2O3/c14-11-5-4-10(19-11)13(18)16-7-8-2-1-3-9(6-8)12(15)17/h1-6H,7H2,(H2,15,17)(H,16,18). The highest BCUT2D eigenvalue weighted by atomic mass is 79.9. The Kier molecular flexibility index (Phi) is 4.01. The normalized spacial score (nSPS) is 10.2. The first kappa shape index (κ1) is 13.4. The lowest BCUT2D eigenvalue weighted by Gasteiger charge is -2.04. The predicted octanol–water partition coefficient (Wildman–Crippen LogP) is 2.07. The Labute approximate surface area is 117 Å². The van der Waals surface area contributed by atoms with Gasteiger partial charge in [0.25, 0.3) is 5.91 Å². The Morgan fingerprint density at radius 2 is 2.05 bits per heavy atom. The van der Waals surface area contributed by atoms with Crippen molar-refractivity contribution in [2.45, 2.75) is 6.54 Å². The molecular formula is C13H11BrN2O3. The third-order valence-corrected chi connectivity index (χ3v) is 2.89. The largest absolute Gasteiger partial charge is 0.444 e. The number of rotatable bonds is 4. The summed E-state index contributed by atoms with van der Waals surface area (Å²) in [5.74, 6) is -0.601. The van der Waals surface area contributed by atoms with Gasteiger partial charge in [-0.25, -0.2) is 0 Å². The van der Waals surface area contributed by atoms with Gasteiger partial charge in [-0.1, -0.05) is 12.1 Å². The molecule has 2 rings (SSSR count). The summed E-state index contributed by atoms with van der Waals surface area (Å²) in [6.45, 7) is 0.290. The minimum absolute atomic E-state index is 0.220. The second-order valence-corrected chi connectivity index (χ2v) is 4.63. The lowest BCUT2D eigenvalue weighted by atomic mass is 10.1. The van der Waals surface area contributed by atoms with Gasteiger partial charge in [0, 0.05) is 12.1 Å². The van der Waals surface area contributed by atoms with Crippen molar-refractivity contribution in [3.63, 3.8) is 0 Å². The topological polar surface area (TPSA) is 85.3 Å². The van der Waals surface area contributed by atoms with Gasteiger partial charge in [-0.05, 0) is 45.8 Å². The summed E-state index contributed by atoms with van der Waals surface area (Å²) in [5.41, 5.74) is 6.38. The number of amides is 2. The van der Waals surface area contributed by atoms with Crippen molar-refractivity contribution >= 4 is 27.7 Å². The third kappa shape index (κ3) is 3.45. The summed E-state index contributed by atoms with van der Waals surface area (Å²) in [5, 5.41) is 2.69. The van der Waals surface area contributed by atoms with Crippen LogP contribution < -0.4 is 11.1 Å². The average Bonchev–Trinajstić information content (AvgIpc) is 2.83. The lowest BCUT2D eigenvalue weighted by Crippen LogP contribution is -2.22. The van der Waals surface area contributed by atoms with Crippen LogP contribution in [0.2, 0.25) is 0 Å². The first-order valence-corrected chi connectivity index (χ1v) is 6.28. The second kappa shape index (κ2) is 5.71. The molecule has 6 heteroatoms. The van der Waals surface area contributed by atoms with E-state index in [1.165, 1.54) is 0 Å². The molecule has 0 fully saturated rings. The minimum Gasteiger partial charge on any atom is -0.444 e. The monoisotopic (exact) mass is 322 g/mol.